The van der Waals surface area contributed by atoms with Gasteiger partial charge in [-0.05, 0) is 42.7 Å². The molecule has 3 rings (SSSR count). The number of hydrogen-bond donors (Lipinski definition) is 1. The fraction of sp³-hybridized carbons (Fsp3) is 0.381. The Balaban J connectivity index is 1.57. The molecule has 0 atom stereocenters. The van der Waals surface area contributed by atoms with Crippen LogP contribution in [0.1, 0.15) is 36.5 Å². The van der Waals surface area contributed by atoms with Crippen molar-refractivity contribution < 1.29 is 14.3 Å². The molecule has 7 nitrogen and oxygen atoms in total. The van der Waals surface area contributed by atoms with E-state index < -0.39 is 0 Å². The van der Waals surface area contributed by atoms with Crippen LogP contribution < -0.4 is 14.8 Å². The molecule has 0 spiro atoms. The SMILES string of the molecule is COc1cc(C(=O)NCCc2nnc3ccccn23)ccc1OCCC(C)C. The van der Waals surface area contributed by atoms with Crippen molar-refractivity contribution >= 4 is 11.6 Å². The molecule has 0 fully saturated rings. The third-order valence-electron chi connectivity index (χ3n) is 4.40. The van der Waals surface area contributed by atoms with Crippen molar-refractivity contribution in [2.75, 3.05) is 20.3 Å². The van der Waals surface area contributed by atoms with Gasteiger partial charge >= 0.3 is 0 Å². The van der Waals surface area contributed by atoms with Crippen LogP contribution in [0.5, 0.6) is 11.5 Å². The summed E-state index contributed by atoms with van der Waals surface area (Å²) in [6.45, 7) is 5.38. The van der Waals surface area contributed by atoms with Crippen molar-refractivity contribution in [2.45, 2.75) is 26.7 Å². The van der Waals surface area contributed by atoms with Crippen LogP contribution in [0.2, 0.25) is 0 Å². The molecule has 2 aromatic heterocycles. The summed E-state index contributed by atoms with van der Waals surface area (Å²) >= 11 is 0. The molecule has 7 heteroatoms. The first-order valence-corrected chi connectivity index (χ1v) is 9.46. The van der Waals surface area contributed by atoms with E-state index in [-0.39, 0.29) is 5.91 Å². The Kier molecular flexibility index (Phi) is 6.47. The molecule has 148 valence electrons. The van der Waals surface area contributed by atoms with Crippen molar-refractivity contribution in [3.8, 4) is 11.5 Å². The number of methoxy groups -OCH3 is 1. The summed E-state index contributed by atoms with van der Waals surface area (Å²) in [7, 11) is 1.57. The lowest BCUT2D eigenvalue weighted by Gasteiger charge is -2.13. The molecule has 28 heavy (non-hydrogen) atoms. The number of nitrogens with zero attached hydrogens (tertiary/aromatic N) is 3. The average molecular weight is 382 g/mol. The summed E-state index contributed by atoms with van der Waals surface area (Å²) in [5, 5.41) is 11.2. The summed E-state index contributed by atoms with van der Waals surface area (Å²) in [5.41, 5.74) is 1.32. The van der Waals surface area contributed by atoms with Gasteiger partial charge in [-0.25, -0.2) is 0 Å². The van der Waals surface area contributed by atoms with E-state index in [1.807, 2.05) is 28.8 Å². The zero-order chi connectivity index (χ0) is 19.9. The summed E-state index contributed by atoms with van der Waals surface area (Å²) in [6, 6.07) is 11.0. The van der Waals surface area contributed by atoms with E-state index in [1.54, 1.807) is 25.3 Å². The number of pyridine rings is 1. The first-order valence-electron chi connectivity index (χ1n) is 9.46. The van der Waals surface area contributed by atoms with Crippen molar-refractivity contribution in [1.82, 2.24) is 19.9 Å². The second-order valence-electron chi connectivity index (χ2n) is 6.95. The van der Waals surface area contributed by atoms with E-state index >= 15 is 0 Å². The highest BCUT2D eigenvalue weighted by Crippen LogP contribution is 2.28. The van der Waals surface area contributed by atoms with Gasteiger partial charge in [-0.1, -0.05) is 19.9 Å². The quantitative estimate of drug-likeness (QED) is 0.615. The standard InChI is InChI=1S/C21H26N4O3/c1-15(2)10-13-28-17-8-7-16(14-18(17)27-3)21(26)22-11-9-20-24-23-19-6-4-5-12-25(19)20/h4-8,12,14-15H,9-11,13H2,1-3H3,(H,22,26). The third kappa shape index (κ3) is 4.79. The molecular formula is C21H26N4O3. The van der Waals surface area contributed by atoms with Gasteiger partial charge in [0.1, 0.15) is 5.82 Å². The van der Waals surface area contributed by atoms with Gasteiger partial charge in [-0.3, -0.25) is 9.20 Å². The fourth-order valence-electron chi connectivity index (χ4n) is 2.78. The number of carbonyl (C=O) groups excluding carboxylic acids is 1. The minimum Gasteiger partial charge on any atom is -0.493 e. The molecule has 2 heterocycles. The molecular weight excluding hydrogens is 356 g/mol. The topological polar surface area (TPSA) is 77.8 Å². The van der Waals surface area contributed by atoms with Crippen molar-refractivity contribution in [3.63, 3.8) is 0 Å². The van der Waals surface area contributed by atoms with Gasteiger partial charge in [0.05, 0.1) is 13.7 Å². The second kappa shape index (κ2) is 9.21. The predicted octanol–water partition coefficient (Wildman–Crippen LogP) is 3.14. The Morgan fingerprint density at radius 3 is 2.82 bits per heavy atom. The number of nitrogens with one attached hydrogen (secondary N) is 1. The Labute approximate surface area is 164 Å². The Bertz CT molecular complexity index is 936. The second-order valence-corrected chi connectivity index (χ2v) is 6.95. The maximum Gasteiger partial charge on any atom is 0.251 e. The number of aromatic nitrogens is 3. The molecule has 0 aliphatic carbocycles. The molecule has 0 aliphatic rings. The van der Waals surface area contributed by atoms with E-state index in [4.69, 9.17) is 9.47 Å². The lowest BCUT2D eigenvalue weighted by atomic mass is 10.1. The molecule has 0 saturated heterocycles. The van der Waals surface area contributed by atoms with E-state index in [0.29, 0.717) is 42.6 Å². The van der Waals surface area contributed by atoms with Crippen molar-refractivity contribution in [1.29, 1.82) is 0 Å². The average Bonchev–Trinajstić information content (AvgIpc) is 3.11. The fourth-order valence-corrected chi connectivity index (χ4v) is 2.78. The molecule has 0 radical (unpaired) electrons. The lowest BCUT2D eigenvalue weighted by Crippen LogP contribution is -2.26. The van der Waals surface area contributed by atoms with Crippen LogP contribution in [0.15, 0.2) is 42.6 Å². The van der Waals surface area contributed by atoms with E-state index in [0.717, 1.165) is 17.9 Å². The minimum atomic E-state index is -0.166. The van der Waals surface area contributed by atoms with Crippen LogP contribution in [0.25, 0.3) is 5.65 Å². The number of hydrogen-bond acceptors (Lipinski definition) is 5. The molecule has 0 bridgehead atoms. The van der Waals surface area contributed by atoms with Crippen LogP contribution in [0, 0.1) is 5.92 Å². The first-order chi connectivity index (χ1) is 13.6. The maximum absolute atomic E-state index is 12.5. The molecule has 3 aromatic rings. The van der Waals surface area contributed by atoms with Crippen molar-refractivity contribution in [3.05, 3.63) is 54.0 Å². The Hall–Kier alpha value is -3.09. The molecule has 1 amide bonds. The van der Waals surface area contributed by atoms with E-state index in [9.17, 15) is 4.79 Å². The highest BCUT2D eigenvalue weighted by Gasteiger charge is 2.12. The largest absolute Gasteiger partial charge is 0.493 e. The summed E-state index contributed by atoms with van der Waals surface area (Å²) in [4.78, 5) is 12.5. The number of fused-ring (bicyclic) bond motifs is 1. The van der Waals surface area contributed by atoms with E-state index in [2.05, 4.69) is 29.4 Å². The summed E-state index contributed by atoms with van der Waals surface area (Å²) in [6.07, 6.45) is 3.46. The number of carbonyl (C=O) groups is 1. The van der Waals surface area contributed by atoms with Crippen LogP contribution >= 0.6 is 0 Å². The maximum atomic E-state index is 12.5. The molecule has 1 N–H and O–H groups in total. The lowest BCUT2D eigenvalue weighted by molar-refractivity contribution is 0.0953. The zero-order valence-corrected chi connectivity index (χ0v) is 16.5. The highest BCUT2D eigenvalue weighted by molar-refractivity contribution is 5.94. The van der Waals surface area contributed by atoms with Crippen LogP contribution in [-0.4, -0.2) is 40.8 Å². The Morgan fingerprint density at radius 2 is 2.04 bits per heavy atom. The predicted molar refractivity (Wildman–Crippen MR) is 107 cm³/mol. The summed E-state index contributed by atoms with van der Waals surface area (Å²) < 4.78 is 13.1. The van der Waals surface area contributed by atoms with Gasteiger partial charge < -0.3 is 14.8 Å². The minimum absolute atomic E-state index is 0.166. The van der Waals surface area contributed by atoms with Crippen LogP contribution in [0.3, 0.4) is 0 Å². The van der Waals surface area contributed by atoms with Gasteiger partial charge in [-0.15, -0.1) is 10.2 Å². The van der Waals surface area contributed by atoms with Gasteiger partial charge in [0, 0.05) is 24.7 Å². The van der Waals surface area contributed by atoms with Crippen LogP contribution in [0.4, 0.5) is 0 Å². The molecule has 1 aromatic carbocycles. The smallest absolute Gasteiger partial charge is 0.251 e. The number of rotatable bonds is 9. The van der Waals surface area contributed by atoms with Gasteiger partial charge in [0.25, 0.3) is 5.91 Å². The highest BCUT2D eigenvalue weighted by atomic mass is 16.5. The Morgan fingerprint density at radius 1 is 1.18 bits per heavy atom. The third-order valence-corrected chi connectivity index (χ3v) is 4.40. The monoisotopic (exact) mass is 382 g/mol. The van der Waals surface area contributed by atoms with Crippen molar-refractivity contribution in [2.24, 2.45) is 5.92 Å². The van der Waals surface area contributed by atoms with Gasteiger partial charge in [0.15, 0.2) is 17.1 Å². The number of benzene rings is 1. The van der Waals surface area contributed by atoms with Crippen LogP contribution in [-0.2, 0) is 6.42 Å². The molecule has 0 saturated carbocycles. The number of ether oxygens (including phenoxy) is 2. The van der Waals surface area contributed by atoms with E-state index in [1.165, 1.54) is 0 Å². The van der Waals surface area contributed by atoms with Gasteiger partial charge in [0.2, 0.25) is 0 Å². The first kappa shape index (κ1) is 19.7. The molecule has 0 aliphatic heterocycles. The molecule has 0 unspecified atom stereocenters. The van der Waals surface area contributed by atoms with Gasteiger partial charge in [-0.2, -0.15) is 0 Å². The zero-order valence-electron chi connectivity index (χ0n) is 16.5. The number of amides is 1. The normalized spacial score (nSPS) is 11.0. The summed E-state index contributed by atoms with van der Waals surface area (Å²) in [5.74, 6) is 2.41.